The highest BCUT2D eigenvalue weighted by molar-refractivity contribution is 6.32. The van der Waals surface area contributed by atoms with Crippen molar-refractivity contribution in [2.24, 2.45) is 0 Å². The zero-order valence-corrected chi connectivity index (χ0v) is 13.6. The number of anilines is 1. The molecule has 0 spiro atoms. The number of amides is 1. The average Bonchev–Trinajstić information content (AvgIpc) is 2.55. The molecule has 1 amide bonds. The fourth-order valence-corrected chi connectivity index (χ4v) is 2.14. The van der Waals surface area contributed by atoms with Crippen LogP contribution in [0.3, 0.4) is 0 Å². The van der Waals surface area contributed by atoms with Gasteiger partial charge in [-0.1, -0.05) is 17.7 Å². The maximum absolute atomic E-state index is 13.6. The predicted octanol–water partition coefficient (Wildman–Crippen LogP) is 4.31. The Kier molecular flexibility index (Phi) is 6.09. The van der Waals surface area contributed by atoms with Gasteiger partial charge in [-0.25, -0.2) is 9.18 Å². The normalized spacial score (nSPS) is 10.6. The maximum Gasteiger partial charge on any atom is 0.338 e. The van der Waals surface area contributed by atoms with E-state index in [0.717, 1.165) is 0 Å². The Morgan fingerprint density at radius 3 is 2.54 bits per heavy atom. The summed E-state index contributed by atoms with van der Waals surface area (Å²) in [4.78, 5) is 23.4. The highest BCUT2D eigenvalue weighted by Crippen LogP contribution is 2.20. The SMILES string of the molecule is CCOC(=O)c1ccc(NC(=O)C=Cc2c(F)cccc2Cl)cc1. The molecule has 0 saturated carbocycles. The molecular weight excluding hydrogens is 333 g/mol. The zero-order valence-electron chi connectivity index (χ0n) is 12.9. The van der Waals surface area contributed by atoms with E-state index in [4.69, 9.17) is 16.3 Å². The average molecular weight is 348 g/mol. The summed E-state index contributed by atoms with van der Waals surface area (Å²) in [6, 6.07) is 10.5. The van der Waals surface area contributed by atoms with Gasteiger partial charge in [0.05, 0.1) is 17.2 Å². The van der Waals surface area contributed by atoms with Crippen molar-refractivity contribution in [1.82, 2.24) is 0 Å². The minimum absolute atomic E-state index is 0.145. The van der Waals surface area contributed by atoms with Gasteiger partial charge in [-0.3, -0.25) is 4.79 Å². The first-order chi connectivity index (χ1) is 11.5. The van der Waals surface area contributed by atoms with Crippen molar-refractivity contribution in [2.45, 2.75) is 6.92 Å². The van der Waals surface area contributed by atoms with E-state index in [0.29, 0.717) is 17.9 Å². The second-order valence-corrected chi connectivity index (χ2v) is 5.16. The summed E-state index contributed by atoms with van der Waals surface area (Å²) in [5.74, 6) is -1.38. The molecule has 24 heavy (non-hydrogen) atoms. The summed E-state index contributed by atoms with van der Waals surface area (Å²) in [6.45, 7) is 2.02. The lowest BCUT2D eigenvalue weighted by molar-refractivity contribution is -0.111. The molecule has 0 atom stereocenters. The van der Waals surface area contributed by atoms with Crippen LogP contribution in [0.5, 0.6) is 0 Å². The van der Waals surface area contributed by atoms with Crippen molar-refractivity contribution in [2.75, 3.05) is 11.9 Å². The first kappa shape index (κ1) is 17.7. The van der Waals surface area contributed by atoms with Crippen LogP contribution in [-0.4, -0.2) is 18.5 Å². The Balaban J connectivity index is 2.02. The van der Waals surface area contributed by atoms with Gasteiger partial charge in [0.25, 0.3) is 0 Å². The highest BCUT2D eigenvalue weighted by Gasteiger charge is 2.07. The van der Waals surface area contributed by atoms with Crippen LogP contribution in [0.15, 0.2) is 48.5 Å². The number of benzene rings is 2. The topological polar surface area (TPSA) is 55.4 Å². The molecule has 6 heteroatoms. The maximum atomic E-state index is 13.6. The molecule has 2 rings (SSSR count). The predicted molar refractivity (Wildman–Crippen MR) is 91.5 cm³/mol. The van der Waals surface area contributed by atoms with Crippen LogP contribution in [0.4, 0.5) is 10.1 Å². The van der Waals surface area contributed by atoms with E-state index in [-0.39, 0.29) is 10.6 Å². The van der Waals surface area contributed by atoms with E-state index in [1.165, 1.54) is 30.4 Å². The monoisotopic (exact) mass is 347 g/mol. The smallest absolute Gasteiger partial charge is 0.338 e. The molecule has 1 N–H and O–H groups in total. The molecular formula is C18H15ClFNO3. The number of hydrogen-bond acceptors (Lipinski definition) is 3. The second kappa shape index (κ2) is 8.26. The summed E-state index contributed by atoms with van der Waals surface area (Å²) < 4.78 is 18.5. The Hall–Kier alpha value is -2.66. The largest absolute Gasteiger partial charge is 0.462 e. The second-order valence-electron chi connectivity index (χ2n) is 4.76. The Labute approximate surface area is 143 Å². The summed E-state index contributed by atoms with van der Waals surface area (Å²) in [6.07, 6.45) is 2.49. The van der Waals surface area contributed by atoms with Gasteiger partial charge in [0.2, 0.25) is 5.91 Å². The van der Waals surface area contributed by atoms with Gasteiger partial charge < -0.3 is 10.1 Å². The van der Waals surface area contributed by atoms with E-state index < -0.39 is 17.7 Å². The summed E-state index contributed by atoms with van der Waals surface area (Å²) in [5.41, 5.74) is 1.04. The fourth-order valence-electron chi connectivity index (χ4n) is 1.92. The zero-order chi connectivity index (χ0) is 17.5. The van der Waals surface area contributed by atoms with Crippen molar-refractivity contribution in [3.05, 3.63) is 70.5 Å². The van der Waals surface area contributed by atoms with E-state index in [2.05, 4.69) is 5.32 Å². The molecule has 0 aliphatic heterocycles. The molecule has 0 aliphatic rings. The first-order valence-corrected chi connectivity index (χ1v) is 7.59. The molecule has 0 radical (unpaired) electrons. The third-order valence-electron chi connectivity index (χ3n) is 3.06. The van der Waals surface area contributed by atoms with Crippen LogP contribution in [0.1, 0.15) is 22.8 Å². The van der Waals surface area contributed by atoms with Crippen molar-refractivity contribution in [3.8, 4) is 0 Å². The van der Waals surface area contributed by atoms with Gasteiger partial charge in [-0.2, -0.15) is 0 Å². The molecule has 124 valence electrons. The number of carbonyl (C=O) groups is 2. The number of nitrogens with one attached hydrogen (secondary N) is 1. The fraction of sp³-hybridized carbons (Fsp3) is 0.111. The van der Waals surface area contributed by atoms with Crippen LogP contribution in [-0.2, 0) is 9.53 Å². The molecule has 4 nitrogen and oxygen atoms in total. The van der Waals surface area contributed by atoms with Crippen LogP contribution in [0.2, 0.25) is 5.02 Å². The third kappa shape index (κ3) is 4.67. The summed E-state index contributed by atoms with van der Waals surface area (Å²) in [7, 11) is 0. The molecule has 0 aliphatic carbocycles. The molecule has 0 saturated heterocycles. The minimum atomic E-state index is -0.509. The summed E-state index contributed by atoms with van der Waals surface area (Å²) >= 11 is 5.88. The van der Waals surface area contributed by atoms with Crippen LogP contribution in [0, 0.1) is 5.82 Å². The Bertz CT molecular complexity index is 752. The van der Waals surface area contributed by atoms with Gasteiger partial charge in [-0.15, -0.1) is 0 Å². The first-order valence-electron chi connectivity index (χ1n) is 7.21. The Morgan fingerprint density at radius 1 is 1.21 bits per heavy atom. The van der Waals surface area contributed by atoms with Gasteiger partial charge in [0.1, 0.15) is 5.82 Å². The third-order valence-corrected chi connectivity index (χ3v) is 3.39. The molecule has 2 aromatic carbocycles. The van der Waals surface area contributed by atoms with E-state index in [1.807, 2.05) is 0 Å². The van der Waals surface area contributed by atoms with E-state index in [9.17, 15) is 14.0 Å². The number of ether oxygens (including phenoxy) is 1. The standard InChI is InChI=1S/C18H15ClFNO3/c1-2-24-18(23)12-6-8-13(9-7-12)21-17(22)11-10-14-15(19)4-3-5-16(14)20/h3-11H,2H2,1H3,(H,21,22). The number of rotatable bonds is 5. The van der Waals surface area contributed by atoms with Gasteiger partial charge in [0, 0.05) is 17.3 Å². The van der Waals surface area contributed by atoms with Crippen LogP contribution >= 0.6 is 11.6 Å². The molecule has 0 fully saturated rings. The van der Waals surface area contributed by atoms with Gasteiger partial charge in [0.15, 0.2) is 0 Å². The number of carbonyl (C=O) groups excluding carboxylic acids is 2. The molecule has 0 heterocycles. The lowest BCUT2D eigenvalue weighted by Crippen LogP contribution is -2.09. The van der Waals surface area contributed by atoms with E-state index >= 15 is 0 Å². The van der Waals surface area contributed by atoms with Crippen molar-refractivity contribution >= 4 is 35.2 Å². The molecule has 2 aromatic rings. The van der Waals surface area contributed by atoms with E-state index in [1.54, 1.807) is 31.2 Å². The highest BCUT2D eigenvalue weighted by atomic mass is 35.5. The van der Waals surface area contributed by atoms with Crippen molar-refractivity contribution in [1.29, 1.82) is 0 Å². The number of esters is 1. The lowest BCUT2D eigenvalue weighted by atomic mass is 10.2. The number of hydrogen-bond donors (Lipinski definition) is 1. The number of halogens is 2. The lowest BCUT2D eigenvalue weighted by Gasteiger charge is -2.05. The van der Waals surface area contributed by atoms with Crippen molar-refractivity contribution < 1.29 is 18.7 Å². The minimum Gasteiger partial charge on any atom is -0.462 e. The van der Waals surface area contributed by atoms with Gasteiger partial charge >= 0.3 is 5.97 Å². The summed E-state index contributed by atoms with van der Waals surface area (Å²) in [5, 5.41) is 2.83. The van der Waals surface area contributed by atoms with Crippen LogP contribution < -0.4 is 5.32 Å². The van der Waals surface area contributed by atoms with Gasteiger partial charge in [-0.05, 0) is 49.4 Å². The van der Waals surface area contributed by atoms with Crippen LogP contribution in [0.25, 0.3) is 6.08 Å². The quantitative estimate of drug-likeness (QED) is 0.647. The molecule has 0 aromatic heterocycles. The van der Waals surface area contributed by atoms with Crippen molar-refractivity contribution in [3.63, 3.8) is 0 Å². The Morgan fingerprint density at radius 2 is 1.92 bits per heavy atom. The molecule has 0 bridgehead atoms. The molecule has 0 unspecified atom stereocenters.